The number of hydrogen-bond acceptors (Lipinski definition) is 6. The van der Waals surface area contributed by atoms with E-state index in [1.165, 1.54) is 24.3 Å². The number of benzene rings is 1. The predicted octanol–water partition coefficient (Wildman–Crippen LogP) is 2.82. The van der Waals surface area contributed by atoms with Crippen LogP contribution in [0.5, 0.6) is 5.75 Å². The van der Waals surface area contributed by atoms with Crippen molar-refractivity contribution in [2.45, 2.75) is 45.5 Å². The van der Waals surface area contributed by atoms with E-state index in [2.05, 4.69) is 19.7 Å². The van der Waals surface area contributed by atoms with Gasteiger partial charge in [0, 0.05) is 39.3 Å². The number of nitrogens with zero attached hydrogens (tertiary/aromatic N) is 5. The van der Waals surface area contributed by atoms with Crippen molar-refractivity contribution in [3.8, 4) is 5.75 Å². The number of hydrogen-bond donors (Lipinski definition) is 0. The van der Waals surface area contributed by atoms with Gasteiger partial charge < -0.3 is 19.3 Å². The molecule has 8 nitrogen and oxygen atoms in total. The molecule has 2 heterocycles. The Morgan fingerprint density at radius 3 is 2.52 bits per heavy atom. The van der Waals surface area contributed by atoms with Crippen LogP contribution in [0.3, 0.4) is 0 Å². The largest absolute Gasteiger partial charge is 0.484 e. The number of rotatable bonds is 10. The van der Waals surface area contributed by atoms with Crippen molar-refractivity contribution in [2.75, 3.05) is 44.3 Å². The van der Waals surface area contributed by atoms with Gasteiger partial charge >= 0.3 is 0 Å². The van der Waals surface area contributed by atoms with Gasteiger partial charge in [0.25, 0.3) is 5.91 Å². The fourth-order valence-corrected chi connectivity index (χ4v) is 4.21. The molecule has 1 aromatic carbocycles. The number of amides is 1. The zero-order valence-electron chi connectivity index (χ0n) is 19.0. The van der Waals surface area contributed by atoms with Crippen LogP contribution in [0.4, 0.5) is 14.7 Å². The molecule has 1 saturated heterocycles. The summed E-state index contributed by atoms with van der Waals surface area (Å²) in [5.74, 6) is 1.96. The summed E-state index contributed by atoms with van der Waals surface area (Å²) < 4.78 is 39.3. The second-order valence-electron chi connectivity index (χ2n) is 8.54. The maximum absolute atomic E-state index is 13.2. The molecule has 4 rings (SSSR count). The molecule has 1 aliphatic heterocycles. The maximum Gasteiger partial charge on any atom is 0.260 e. The van der Waals surface area contributed by atoms with Gasteiger partial charge in [0.15, 0.2) is 12.4 Å². The Kier molecular flexibility index (Phi) is 7.74. The Labute approximate surface area is 192 Å². The number of alkyl halides is 1. The lowest BCUT2D eigenvalue weighted by molar-refractivity contribution is -0.133. The minimum absolute atomic E-state index is 0.0860. The highest BCUT2D eigenvalue weighted by molar-refractivity contribution is 5.78. The number of anilines is 1. The summed E-state index contributed by atoms with van der Waals surface area (Å²) in [4.78, 5) is 16.4. The van der Waals surface area contributed by atoms with E-state index in [-0.39, 0.29) is 18.3 Å². The van der Waals surface area contributed by atoms with Crippen LogP contribution in [0.25, 0.3) is 0 Å². The Balaban J connectivity index is 1.31. The maximum atomic E-state index is 13.2. The highest BCUT2D eigenvalue weighted by Crippen LogP contribution is 2.33. The molecule has 2 fully saturated rings. The van der Waals surface area contributed by atoms with Crippen LogP contribution in [0.1, 0.15) is 32.0 Å². The molecular formula is C23H31F2N5O3. The average molecular weight is 464 g/mol. The lowest BCUT2D eigenvalue weighted by atomic mass is 9.81. The van der Waals surface area contributed by atoms with E-state index in [1.54, 1.807) is 4.90 Å². The summed E-state index contributed by atoms with van der Waals surface area (Å²) in [5.41, 5.74) is 0. The summed E-state index contributed by atoms with van der Waals surface area (Å²) in [7, 11) is 0. The first-order valence-electron chi connectivity index (χ1n) is 11.6. The first-order chi connectivity index (χ1) is 16.0. The summed E-state index contributed by atoms with van der Waals surface area (Å²) in [6.45, 7) is 5.92. The highest BCUT2D eigenvalue weighted by atomic mass is 19.1. The number of carbonyl (C=O) groups is 1. The van der Waals surface area contributed by atoms with Crippen LogP contribution in [0, 0.1) is 11.7 Å². The fraction of sp³-hybridized carbons (Fsp3) is 0.609. The minimum atomic E-state index is -0.657. The Morgan fingerprint density at radius 2 is 1.85 bits per heavy atom. The molecule has 0 radical (unpaired) electrons. The molecule has 1 aliphatic carbocycles. The summed E-state index contributed by atoms with van der Waals surface area (Å²) in [6, 6.07) is 5.61. The number of halogens is 2. The third-order valence-electron chi connectivity index (χ3n) is 6.27. The molecule has 1 saturated carbocycles. The number of piperazine rings is 1. The summed E-state index contributed by atoms with van der Waals surface area (Å²) in [5, 5.41) is 8.74. The molecule has 0 bridgehead atoms. The van der Waals surface area contributed by atoms with Crippen molar-refractivity contribution >= 4 is 11.9 Å². The smallest absolute Gasteiger partial charge is 0.260 e. The standard InChI is InChI=1S/C23H31F2N5O3/c1-2-32-15-21-26-27-23(30(21)8-7-17-13-19(25)14-17)29-11-9-28(10-12-29)22(31)16-33-20-5-3-18(24)4-6-20/h3-6,17,19H,2,7-16H2,1H3. The molecule has 33 heavy (non-hydrogen) atoms. The van der Waals surface area contributed by atoms with Gasteiger partial charge in [-0.1, -0.05) is 0 Å². The normalized spacial score (nSPS) is 20.6. The molecule has 1 aromatic heterocycles. The lowest BCUT2D eigenvalue weighted by Gasteiger charge is -2.35. The van der Waals surface area contributed by atoms with Crippen molar-refractivity contribution in [3.63, 3.8) is 0 Å². The second-order valence-corrected chi connectivity index (χ2v) is 8.54. The SMILES string of the molecule is CCOCc1nnc(N2CCN(C(=O)COc3ccc(F)cc3)CC2)n1CCC1CC(F)C1. The van der Waals surface area contributed by atoms with Crippen LogP contribution in [-0.2, 0) is 22.7 Å². The van der Waals surface area contributed by atoms with E-state index in [0.29, 0.717) is 63.9 Å². The molecule has 1 amide bonds. The Bertz CT molecular complexity index is 909. The van der Waals surface area contributed by atoms with Gasteiger partial charge in [0.1, 0.15) is 24.3 Å². The fourth-order valence-electron chi connectivity index (χ4n) is 4.21. The van der Waals surface area contributed by atoms with E-state index in [0.717, 1.165) is 24.7 Å². The van der Waals surface area contributed by atoms with Crippen molar-refractivity contribution in [3.05, 3.63) is 35.9 Å². The number of ether oxygens (including phenoxy) is 2. The molecule has 0 unspecified atom stereocenters. The van der Waals surface area contributed by atoms with Crippen molar-refractivity contribution in [2.24, 2.45) is 5.92 Å². The van der Waals surface area contributed by atoms with E-state index in [1.807, 2.05) is 6.92 Å². The molecular weight excluding hydrogens is 432 g/mol. The van der Waals surface area contributed by atoms with Gasteiger partial charge in [-0.25, -0.2) is 8.78 Å². The van der Waals surface area contributed by atoms with Gasteiger partial charge in [0.2, 0.25) is 5.95 Å². The third-order valence-corrected chi connectivity index (χ3v) is 6.27. The first-order valence-corrected chi connectivity index (χ1v) is 11.6. The zero-order chi connectivity index (χ0) is 23.2. The number of aromatic nitrogens is 3. The molecule has 0 atom stereocenters. The van der Waals surface area contributed by atoms with Crippen LogP contribution in [0.2, 0.25) is 0 Å². The van der Waals surface area contributed by atoms with Crippen molar-refractivity contribution in [1.82, 2.24) is 19.7 Å². The van der Waals surface area contributed by atoms with Gasteiger partial charge in [-0.05, 0) is 56.4 Å². The molecule has 2 aliphatic rings. The average Bonchev–Trinajstić information content (AvgIpc) is 3.21. The monoisotopic (exact) mass is 463 g/mol. The van der Waals surface area contributed by atoms with Gasteiger partial charge in [-0.2, -0.15) is 0 Å². The number of carbonyl (C=O) groups excluding carboxylic acids is 1. The topological polar surface area (TPSA) is 72.7 Å². The van der Waals surface area contributed by atoms with E-state index < -0.39 is 6.17 Å². The molecule has 180 valence electrons. The van der Waals surface area contributed by atoms with Crippen LogP contribution < -0.4 is 9.64 Å². The third kappa shape index (κ3) is 5.98. The zero-order valence-corrected chi connectivity index (χ0v) is 19.0. The first kappa shape index (κ1) is 23.4. The summed E-state index contributed by atoms with van der Waals surface area (Å²) >= 11 is 0. The predicted molar refractivity (Wildman–Crippen MR) is 118 cm³/mol. The van der Waals surface area contributed by atoms with Gasteiger partial charge in [-0.15, -0.1) is 10.2 Å². The van der Waals surface area contributed by atoms with Crippen LogP contribution in [0.15, 0.2) is 24.3 Å². The molecule has 10 heteroatoms. The van der Waals surface area contributed by atoms with E-state index in [4.69, 9.17) is 9.47 Å². The van der Waals surface area contributed by atoms with Gasteiger partial charge in [-0.3, -0.25) is 9.36 Å². The van der Waals surface area contributed by atoms with Crippen LogP contribution in [-0.4, -0.2) is 71.1 Å². The molecule has 2 aromatic rings. The summed E-state index contributed by atoms with van der Waals surface area (Å²) in [6.07, 6.45) is 1.51. The van der Waals surface area contributed by atoms with Gasteiger partial charge in [0.05, 0.1) is 0 Å². The molecule has 0 N–H and O–H groups in total. The second kappa shape index (κ2) is 10.9. The lowest BCUT2D eigenvalue weighted by Crippen LogP contribution is -2.50. The minimum Gasteiger partial charge on any atom is -0.484 e. The van der Waals surface area contributed by atoms with Crippen molar-refractivity contribution in [1.29, 1.82) is 0 Å². The van der Waals surface area contributed by atoms with E-state index in [9.17, 15) is 13.6 Å². The Hall–Kier alpha value is -2.75. The van der Waals surface area contributed by atoms with E-state index >= 15 is 0 Å². The van der Waals surface area contributed by atoms with Crippen molar-refractivity contribution < 1.29 is 23.0 Å². The molecule has 0 spiro atoms. The van der Waals surface area contributed by atoms with Crippen LogP contribution >= 0.6 is 0 Å². The highest BCUT2D eigenvalue weighted by Gasteiger charge is 2.30. The quantitative estimate of drug-likeness (QED) is 0.540. The Morgan fingerprint density at radius 1 is 1.12 bits per heavy atom.